The largest absolute Gasteiger partial charge is 0.457 e. The average molecular weight is 529 g/mol. The fraction of sp³-hybridized carbons (Fsp3) is 0.167. The summed E-state index contributed by atoms with van der Waals surface area (Å²) in [6.07, 6.45) is 0.0408. The van der Waals surface area contributed by atoms with Crippen molar-refractivity contribution < 1.29 is 23.9 Å². The Labute approximate surface area is 225 Å². The van der Waals surface area contributed by atoms with Gasteiger partial charge in [-0.15, -0.1) is 11.3 Å². The maximum absolute atomic E-state index is 13.1. The summed E-state index contributed by atoms with van der Waals surface area (Å²) >= 11 is 1.34. The molecular formula is C30H28N2O5S. The standard InChI is InChI=1S/C30H28N2O5S/c33-27(28-12-7-19-38-28)17-18-29(34)32-26(21-36-20-22-8-3-1-4-9-22)30(35)31-23-13-15-25(16-14-23)37-24-10-5-2-6-11-24/h1-16,19,26H,17-18,20-21H2,(H,31,35)(H,32,34). The summed E-state index contributed by atoms with van der Waals surface area (Å²) in [5.41, 5.74) is 1.50. The van der Waals surface area contributed by atoms with E-state index in [9.17, 15) is 14.4 Å². The summed E-state index contributed by atoms with van der Waals surface area (Å²) in [6.45, 7) is 0.267. The summed E-state index contributed by atoms with van der Waals surface area (Å²) in [7, 11) is 0. The Kier molecular flexibility index (Phi) is 9.78. The van der Waals surface area contributed by atoms with E-state index < -0.39 is 17.9 Å². The van der Waals surface area contributed by atoms with Crippen molar-refractivity contribution in [1.82, 2.24) is 5.32 Å². The van der Waals surface area contributed by atoms with E-state index in [1.54, 1.807) is 36.4 Å². The van der Waals surface area contributed by atoms with E-state index in [0.29, 0.717) is 28.7 Å². The second kappa shape index (κ2) is 13.9. The lowest BCUT2D eigenvalue weighted by Gasteiger charge is -2.19. The number of ether oxygens (including phenoxy) is 2. The Morgan fingerprint density at radius 1 is 0.763 bits per heavy atom. The molecule has 2 N–H and O–H groups in total. The fourth-order valence-electron chi connectivity index (χ4n) is 3.57. The number of para-hydroxylation sites is 1. The molecule has 3 aromatic carbocycles. The van der Waals surface area contributed by atoms with Gasteiger partial charge in [0.05, 0.1) is 18.1 Å². The van der Waals surface area contributed by atoms with Crippen LogP contribution in [0.4, 0.5) is 5.69 Å². The van der Waals surface area contributed by atoms with Gasteiger partial charge in [-0.25, -0.2) is 0 Å². The third-order valence-electron chi connectivity index (χ3n) is 5.52. The minimum Gasteiger partial charge on any atom is -0.457 e. The van der Waals surface area contributed by atoms with Crippen LogP contribution >= 0.6 is 11.3 Å². The molecule has 0 aliphatic rings. The number of hydrogen-bond donors (Lipinski definition) is 2. The van der Waals surface area contributed by atoms with Gasteiger partial charge in [-0.3, -0.25) is 14.4 Å². The Balaban J connectivity index is 1.34. The zero-order valence-electron chi connectivity index (χ0n) is 20.7. The van der Waals surface area contributed by atoms with Crippen molar-refractivity contribution in [3.05, 3.63) is 113 Å². The van der Waals surface area contributed by atoms with Gasteiger partial charge in [0, 0.05) is 18.5 Å². The number of nitrogens with one attached hydrogen (secondary N) is 2. The third-order valence-corrected chi connectivity index (χ3v) is 6.43. The van der Waals surface area contributed by atoms with E-state index in [4.69, 9.17) is 9.47 Å². The molecule has 0 aliphatic carbocycles. The first kappa shape index (κ1) is 26.8. The molecule has 38 heavy (non-hydrogen) atoms. The predicted octanol–water partition coefficient (Wildman–Crippen LogP) is 5.84. The van der Waals surface area contributed by atoms with E-state index >= 15 is 0 Å². The number of rotatable bonds is 13. The first-order valence-corrected chi connectivity index (χ1v) is 13.1. The van der Waals surface area contributed by atoms with E-state index in [1.807, 2.05) is 66.0 Å². The summed E-state index contributed by atoms with van der Waals surface area (Å²) in [6, 6.07) is 28.5. The van der Waals surface area contributed by atoms with Crippen molar-refractivity contribution in [3.63, 3.8) is 0 Å². The maximum atomic E-state index is 13.1. The highest BCUT2D eigenvalue weighted by Gasteiger charge is 2.22. The van der Waals surface area contributed by atoms with Gasteiger partial charge in [0.1, 0.15) is 17.5 Å². The number of amides is 2. The van der Waals surface area contributed by atoms with Gasteiger partial charge in [0.2, 0.25) is 11.8 Å². The first-order chi connectivity index (χ1) is 18.6. The van der Waals surface area contributed by atoms with Crippen molar-refractivity contribution in [2.24, 2.45) is 0 Å². The minimum absolute atomic E-state index is 0.0231. The molecule has 0 aliphatic heterocycles. The molecule has 7 nitrogen and oxygen atoms in total. The van der Waals surface area contributed by atoms with E-state index in [-0.39, 0.29) is 25.2 Å². The molecule has 1 atom stereocenters. The molecule has 0 fully saturated rings. The van der Waals surface area contributed by atoms with Gasteiger partial charge in [-0.1, -0.05) is 54.6 Å². The number of carbonyl (C=O) groups excluding carboxylic acids is 3. The molecule has 0 saturated carbocycles. The van der Waals surface area contributed by atoms with Crippen LogP contribution in [0.15, 0.2) is 102 Å². The summed E-state index contributed by atoms with van der Waals surface area (Å²) in [5.74, 6) is 0.410. The lowest BCUT2D eigenvalue weighted by atomic mass is 10.1. The fourth-order valence-corrected chi connectivity index (χ4v) is 4.26. The minimum atomic E-state index is -0.941. The van der Waals surface area contributed by atoms with Crippen molar-refractivity contribution in [3.8, 4) is 11.5 Å². The van der Waals surface area contributed by atoms with Crippen molar-refractivity contribution >= 4 is 34.6 Å². The second-order valence-electron chi connectivity index (χ2n) is 8.45. The SMILES string of the molecule is O=C(CCC(=O)c1cccs1)NC(COCc1ccccc1)C(=O)Nc1ccc(Oc2ccccc2)cc1. The molecule has 2 amide bonds. The summed E-state index contributed by atoms with van der Waals surface area (Å²) in [4.78, 5) is 38.6. The van der Waals surface area contributed by atoms with Crippen LogP contribution in [0.3, 0.4) is 0 Å². The molecular weight excluding hydrogens is 500 g/mol. The Bertz CT molecular complexity index is 1310. The molecule has 0 bridgehead atoms. The molecule has 0 radical (unpaired) electrons. The summed E-state index contributed by atoms with van der Waals surface area (Å²) < 4.78 is 11.5. The van der Waals surface area contributed by atoms with Crippen LogP contribution in [0, 0.1) is 0 Å². The molecule has 1 unspecified atom stereocenters. The number of carbonyl (C=O) groups is 3. The van der Waals surface area contributed by atoms with Gasteiger partial charge in [0.25, 0.3) is 0 Å². The highest BCUT2D eigenvalue weighted by molar-refractivity contribution is 7.12. The number of thiophene rings is 1. The van der Waals surface area contributed by atoms with Crippen molar-refractivity contribution in [1.29, 1.82) is 0 Å². The molecule has 1 aromatic heterocycles. The van der Waals surface area contributed by atoms with Gasteiger partial charge < -0.3 is 20.1 Å². The molecule has 8 heteroatoms. The van der Waals surface area contributed by atoms with Crippen LogP contribution in [0.2, 0.25) is 0 Å². The van der Waals surface area contributed by atoms with Crippen LogP contribution in [-0.2, 0) is 20.9 Å². The van der Waals surface area contributed by atoms with Crippen LogP contribution in [0.1, 0.15) is 28.1 Å². The van der Waals surface area contributed by atoms with Crippen LogP contribution in [-0.4, -0.2) is 30.2 Å². The molecule has 194 valence electrons. The highest BCUT2D eigenvalue weighted by Crippen LogP contribution is 2.22. The average Bonchev–Trinajstić information content (AvgIpc) is 3.49. The number of anilines is 1. The zero-order valence-corrected chi connectivity index (χ0v) is 21.5. The number of benzene rings is 3. The van der Waals surface area contributed by atoms with Gasteiger partial charge >= 0.3 is 0 Å². The molecule has 4 rings (SSSR count). The van der Waals surface area contributed by atoms with E-state index in [1.165, 1.54) is 11.3 Å². The Morgan fingerprint density at radius 2 is 1.45 bits per heavy atom. The molecule has 0 saturated heterocycles. The quantitative estimate of drug-likeness (QED) is 0.213. The summed E-state index contributed by atoms with van der Waals surface area (Å²) in [5, 5.41) is 7.36. The van der Waals surface area contributed by atoms with Gasteiger partial charge in [-0.2, -0.15) is 0 Å². The van der Waals surface area contributed by atoms with Crippen LogP contribution < -0.4 is 15.4 Å². The van der Waals surface area contributed by atoms with Crippen molar-refractivity contribution in [2.75, 3.05) is 11.9 Å². The monoisotopic (exact) mass is 528 g/mol. The number of hydrogen-bond acceptors (Lipinski definition) is 6. The van der Waals surface area contributed by atoms with E-state index in [2.05, 4.69) is 10.6 Å². The molecule has 4 aromatic rings. The maximum Gasteiger partial charge on any atom is 0.249 e. The highest BCUT2D eigenvalue weighted by atomic mass is 32.1. The van der Waals surface area contributed by atoms with Crippen LogP contribution in [0.25, 0.3) is 0 Å². The van der Waals surface area contributed by atoms with Gasteiger partial charge in [0.15, 0.2) is 5.78 Å². The van der Waals surface area contributed by atoms with E-state index in [0.717, 1.165) is 5.56 Å². The topological polar surface area (TPSA) is 93.7 Å². The Morgan fingerprint density at radius 3 is 2.13 bits per heavy atom. The smallest absolute Gasteiger partial charge is 0.249 e. The second-order valence-corrected chi connectivity index (χ2v) is 9.40. The van der Waals surface area contributed by atoms with Gasteiger partial charge in [-0.05, 0) is 53.4 Å². The molecule has 0 spiro atoms. The number of Topliss-reactive ketones (excluding diaryl/α,β-unsaturated/α-hetero) is 1. The lowest BCUT2D eigenvalue weighted by molar-refractivity contribution is -0.128. The third kappa shape index (κ3) is 8.40. The first-order valence-electron chi connectivity index (χ1n) is 12.2. The zero-order chi connectivity index (χ0) is 26.6. The normalized spacial score (nSPS) is 11.4. The molecule has 1 heterocycles. The van der Waals surface area contributed by atoms with Crippen molar-refractivity contribution in [2.45, 2.75) is 25.5 Å². The lowest BCUT2D eigenvalue weighted by Crippen LogP contribution is -2.46. The number of ketones is 1. The predicted molar refractivity (Wildman–Crippen MR) is 147 cm³/mol. The van der Waals surface area contributed by atoms with Crippen LogP contribution in [0.5, 0.6) is 11.5 Å². The Hall–Kier alpha value is -4.27.